The van der Waals surface area contributed by atoms with Crippen LogP contribution in [0.15, 0.2) is 42.5 Å². The second-order valence-corrected chi connectivity index (χ2v) is 8.76. The number of benzene rings is 2. The van der Waals surface area contributed by atoms with E-state index in [1.54, 1.807) is 6.07 Å². The molecular weight excluding hydrogens is 507 g/mol. The van der Waals surface area contributed by atoms with E-state index >= 15 is 0 Å². The number of hydrogen-bond acceptors (Lipinski definition) is 6. The number of anilines is 2. The molecule has 28 heavy (non-hydrogen) atoms. The lowest BCUT2D eigenvalue weighted by molar-refractivity contribution is 0.0977. The summed E-state index contributed by atoms with van der Waals surface area (Å²) in [5.41, 5.74) is 2.66. The van der Waals surface area contributed by atoms with Crippen LogP contribution in [0, 0.1) is 3.57 Å². The van der Waals surface area contributed by atoms with Crippen molar-refractivity contribution in [1.29, 1.82) is 0 Å². The molecule has 144 valence electrons. The van der Waals surface area contributed by atoms with Gasteiger partial charge in [0.1, 0.15) is 0 Å². The fourth-order valence-electron chi connectivity index (χ4n) is 2.93. The van der Waals surface area contributed by atoms with Gasteiger partial charge >= 0.3 is 0 Å². The van der Waals surface area contributed by atoms with Crippen LogP contribution in [0.1, 0.15) is 10.4 Å². The van der Waals surface area contributed by atoms with Gasteiger partial charge in [-0.05, 0) is 65.1 Å². The predicted molar refractivity (Wildman–Crippen MR) is 125 cm³/mol. The first-order valence-electron chi connectivity index (χ1n) is 8.70. The van der Waals surface area contributed by atoms with Gasteiger partial charge < -0.3 is 15.0 Å². The van der Waals surface area contributed by atoms with Crippen molar-refractivity contribution in [2.75, 3.05) is 36.5 Å². The highest BCUT2D eigenvalue weighted by molar-refractivity contribution is 14.1. The first kappa shape index (κ1) is 19.5. The van der Waals surface area contributed by atoms with Gasteiger partial charge in [-0.15, -0.1) is 0 Å². The van der Waals surface area contributed by atoms with Gasteiger partial charge in [0.15, 0.2) is 10.2 Å². The summed E-state index contributed by atoms with van der Waals surface area (Å²) < 4.78 is 7.36. The predicted octanol–water partition coefficient (Wildman–Crippen LogP) is 3.86. The molecule has 0 unspecified atom stereocenters. The van der Waals surface area contributed by atoms with Crippen molar-refractivity contribution in [3.05, 3.63) is 51.6 Å². The molecule has 0 aliphatic carbocycles. The van der Waals surface area contributed by atoms with Gasteiger partial charge in [-0.2, -0.15) is 0 Å². The maximum atomic E-state index is 12.4. The number of aromatic nitrogens is 1. The number of rotatable bonds is 3. The summed E-state index contributed by atoms with van der Waals surface area (Å²) in [7, 11) is 0. The zero-order chi connectivity index (χ0) is 19.5. The van der Waals surface area contributed by atoms with Crippen LogP contribution in [0.25, 0.3) is 10.2 Å². The normalized spacial score (nSPS) is 14.1. The Hall–Kier alpha value is -1.82. The molecule has 1 aliphatic heterocycles. The van der Waals surface area contributed by atoms with E-state index in [4.69, 9.17) is 17.0 Å². The third-order valence-corrected chi connectivity index (χ3v) is 6.39. The number of carbonyl (C=O) groups is 1. The lowest BCUT2D eigenvalue weighted by Gasteiger charge is -2.28. The third kappa shape index (κ3) is 4.43. The molecule has 1 aromatic heterocycles. The summed E-state index contributed by atoms with van der Waals surface area (Å²) in [6.07, 6.45) is 0. The first-order valence-corrected chi connectivity index (χ1v) is 11.0. The van der Waals surface area contributed by atoms with Crippen molar-refractivity contribution in [1.82, 2.24) is 10.3 Å². The molecule has 1 saturated heterocycles. The minimum Gasteiger partial charge on any atom is -0.378 e. The smallest absolute Gasteiger partial charge is 0.258 e. The molecule has 0 spiro atoms. The summed E-state index contributed by atoms with van der Waals surface area (Å²) in [6.45, 7) is 3.29. The van der Waals surface area contributed by atoms with E-state index < -0.39 is 0 Å². The van der Waals surface area contributed by atoms with Gasteiger partial charge in [-0.3, -0.25) is 10.1 Å². The zero-order valence-corrected chi connectivity index (χ0v) is 18.6. The molecule has 4 rings (SSSR count). The van der Waals surface area contributed by atoms with Crippen molar-refractivity contribution >= 4 is 78.2 Å². The molecule has 2 aromatic carbocycles. The number of halogens is 1. The molecule has 0 bridgehead atoms. The topological polar surface area (TPSA) is 66.5 Å². The van der Waals surface area contributed by atoms with Gasteiger partial charge in [0, 0.05) is 22.3 Å². The molecule has 1 amide bonds. The van der Waals surface area contributed by atoms with Crippen molar-refractivity contribution in [3.63, 3.8) is 0 Å². The van der Waals surface area contributed by atoms with Gasteiger partial charge in [-0.25, -0.2) is 4.98 Å². The largest absolute Gasteiger partial charge is 0.378 e. The van der Waals surface area contributed by atoms with E-state index in [2.05, 4.69) is 55.2 Å². The van der Waals surface area contributed by atoms with E-state index in [-0.39, 0.29) is 11.0 Å². The molecule has 0 saturated carbocycles. The molecule has 0 atom stereocenters. The number of thiocarbonyl (C=S) groups is 1. The summed E-state index contributed by atoms with van der Waals surface area (Å²) >= 11 is 8.93. The fourth-order valence-corrected chi connectivity index (χ4v) is 4.72. The van der Waals surface area contributed by atoms with E-state index in [0.29, 0.717) is 10.7 Å². The number of carbonyl (C=O) groups excluding carboxylic acids is 1. The zero-order valence-electron chi connectivity index (χ0n) is 14.8. The average molecular weight is 524 g/mol. The molecule has 2 N–H and O–H groups in total. The number of ether oxygens (including phenoxy) is 1. The highest BCUT2D eigenvalue weighted by Gasteiger charge is 2.14. The Morgan fingerprint density at radius 3 is 2.79 bits per heavy atom. The number of fused-ring (bicyclic) bond motifs is 1. The van der Waals surface area contributed by atoms with Crippen LogP contribution in [-0.4, -0.2) is 42.3 Å². The van der Waals surface area contributed by atoms with Crippen molar-refractivity contribution in [3.8, 4) is 0 Å². The molecule has 3 aromatic rings. The molecule has 9 heteroatoms. The SMILES string of the molecule is O=C(NC(=S)Nc1nc2ccc(N3CCOCC3)cc2s1)c1ccccc1I. The average Bonchev–Trinajstić information content (AvgIpc) is 3.10. The number of hydrogen-bond donors (Lipinski definition) is 2. The quantitative estimate of drug-likeness (QED) is 0.401. The molecule has 0 radical (unpaired) electrons. The van der Waals surface area contributed by atoms with Crippen LogP contribution in [0.4, 0.5) is 10.8 Å². The Labute approximate surface area is 185 Å². The number of nitrogens with one attached hydrogen (secondary N) is 2. The first-order chi connectivity index (χ1) is 13.6. The lowest BCUT2D eigenvalue weighted by atomic mass is 10.2. The monoisotopic (exact) mass is 524 g/mol. The van der Waals surface area contributed by atoms with Crippen LogP contribution in [0.3, 0.4) is 0 Å². The summed E-state index contributed by atoms with van der Waals surface area (Å²) in [5, 5.41) is 6.62. The standard InChI is InChI=1S/C19H17IN4O2S2/c20-14-4-2-1-3-13(14)17(25)22-18(27)23-19-21-15-6-5-12(11-16(15)28-19)24-7-9-26-10-8-24/h1-6,11H,7-10H2,(H2,21,22,23,25,27). The van der Waals surface area contributed by atoms with E-state index in [1.165, 1.54) is 17.0 Å². The maximum Gasteiger partial charge on any atom is 0.258 e. The number of nitrogens with zero attached hydrogens (tertiary/aromatic N) is 2. The van der Waals surface area contributed by atoms with E-state index in [9.17, 15) is 4.79 Å². The summed E-state index contributed by atoms with van der Waals surface area (Å²) in [6, 6.07) is 13.6. The minimum absolute atomic E-state index is 0.233. The Morgan fingerprint density at radius 1 is 1.21 bits per heavy atom. The van der Waals surface area contributed by atoms with Crippen LogP contribution < -0.4 is 15.5 Å². The van der Waals surface area contributed by atoms with Crippen molar-refractivity contribution in [2.24, 2.45) is 0 Å². The number of amides is 1. The maximum absolute atomic E-state index is 12.4. The fraction of sp³-hybridized carbons (Fsp3) is 0.211. The highest BCUT2D eigenvalue weighted by atomic mass is 127. The molecule has 1 fully saturated rings. The van der Waals surface area contributed by atoms with E-state index in [1.807, 2.05) is 24.3 Å². The Balaban J connectivity index is 1.44. The Morgan fingerprint density at radius 2 is 2.00 bits per heavy atom. The Bertz CT molecular complexity index is 1030. The van der Waals surface area contributed by atoms with Gasteiger partial charge in [0.25, 0.3) is 5.91 Å². The third-order valence-electron chi connectivity index (χ3n) is 4.31. The van der Waals surface area contributed by atoms with Gasteiger partial charge in [0.05, 0.1) is 29.0 Å². The molecule has 2 heterocycles. The van der Waals surface area contributed by atoms with Gasteiger partial charge in [-0.1, -0.05) is 23.5 Å². The van der Waals surface area contributed by atoms with Crippen LogP contribution in [0.2, 0.25) is 0 Å². The molecule has 1 aliphatic rings. The number of morpholine rings is 1. The molecular formula is C19H17IN4O2S2. The lowest BCUT2D eigenvalue weighted by Crippen LogP contribution is -2.36. The summed E-state index contributed by atoms with van der Waals surface area (Å²) in [5.74, 6) is -0.238. The summed E-state index contributed by atoms with van der Waals surface area (Å²) in [4.78, 5) is 19.2. The number of thiazole rings is 1. The highest BCUT2D eigenvalue weighted by Crippen LogP contribution is 2.30. The van der Waals surface area contributed by atoms with Crippen LogP contribution in [0.5, 0.6) is 0 Å². The van der Waals surface area contributed by atoms with Crippen molar-refractivity contribution < 1.29 is 9.53 Å². The van der Waals surface area contributed by atoms with Crippen LogP contribution >= 0.6 is 46.1 Å². The second-order valence-electron chi connectivity index (χ2n) is 6.16. The Kier molecular flexibility index (Phi) is 6.04. The minimum atomic E-state index is -0.238. The van der Waals surface area contributed by atoms with Crippen molar-refractivity contribution in [2.45, 2.75) is 0 Å². The van der Waals surface area contributed by atoms with Crippen LogP contribution in [-0.2, 0) is 4.74 Å². The van der Waals surface area contributed by atoms with Gasteiger partial charge in [0.2, 0.25) is 0 Å². The van der Waals surface area contributed by atoms with E-state index in [0.717, 1.165) is 40.1 Å². The second kappa shape index (κ2) is 8.68. The molecule has 6 nitrogen and oxygen atoms in total.